The summed E-state index contributed by atoms with van der Waals surface area (Å²) in [6, 6.07) is 12.2. The first-order chi connectivity index (χ1) is 10.1. The summed E-state index contributed by atoms with van der Waals surface area (Å²) in [4.78, 5) is 27.5. The molecule has 1 N–H and O–H groups in total. The number of nitrogens with one attached hydrogen (secondary N) is 1. The van der Waals surface area contributed by atoms with Crippen LogP contribution in [-0.4, -0.2) is 24.0 Å². The summed E-state index contributed by atoms with van der Waals surface area (Å²) in [5.74, 6) is -0.943. The fraction of sp³-hybridized carbons (Fsp3) is 0.188. The number of benzene rings is 1. The molecule has 1 amide bonds. The molecule has 0 saturated heterocycles. The van der Waals surface area contributed by atoms with E-state index in [1.807, 2.05) is 24.3 Å². The van der Waals surface area contributed by atoms with Gasteiger partial charge in [0, 0.05) is 5.69 Å². The number of carbonyl (C=O) groups excluding carboxylic acids is 2. The Balaban J connectivity index is 2.14. The minimum Gasteiger partial charge on any atom is -0.464 e. The third-order valence-corrected chi connectivity index (χ3v) is 3.00. The molecule has 1 heterocycles. The number of carbonyl (C=O) groups is 2. The van der Waals surface area contributed by atoms with Gasteiger partial charge in [-0.1, -0.05) is 25.1 Å². The van der Waals surface area contributed by atoms with Gasteiger partial charge in [-0.2, -0.15) is 0 Å². The zero-order chi connectivity index (χ0) is 15.2. The van der Waals surface area contributed by atoms with E-state index in [1.54, 1.807) is 12.1 Å². The van der Waals surface area contributed by atoms with Crippen LogP contribution in [0.5, 0.6) is 0 Å². The largest absolute Gasteiger partial charge is 0.464 e. The van der Waals surface area contributed by atoms with E-state index in [2.05, 4.69) is 22.0 Å². The Bertz CT molecular complexity index is 651. The molecule has 5 heteroatoms. The second-order valence-electron chi connectivity index (χ2n) is 4.40. The van der Waals surface area contributed by atoms with Crippen LogP contribution in [0.15, 0.2) is 42.5 Å². The van der Waals surface area contributed by atoms with Crippen LogP contribution in [0.25, 0.3) is 0 Å². The SMILES string of the molecule is CCc1ccc(NC(=O)c2cccc(C(=O)OC)n2)cc1. The number of anilines is 1. The van der Waals surface area contributed by atoms with E-state index >= 15 is 0 Å². The van der Waals surface area contributed by atoms with E-state index < -0.39 is 5.97 Å². The molecular weight excluding hydrogens is 268 g/mol. The van der Waals surface area contributed by atoms with Crippen molar-refractivity contribution in [1.29, 1.82) is 0 Å². The smallest absolute Gasteiger partial charge is 0.356 e. The molecule has 0 saturated carbocycles. The van der Waals surface area contributed by atoms with Gasteiger partial charge in [0.1, 0.15) is 11.4 Å². The highest BCUT2D eigenvalue weighted by Crippen LogP contribution is 2.11. The van der Waals surface area contributed by atoms with Gasteiger partial charge in [-0.25, -0.2) is 9.78 Å². The van der Waals surface area contributed by atoms with E-state index in [-0.39, 0.29) is 17.3 Å². The van der Waals surface area contributed by atoms with Crippen molar-refractivity contribution in [3.63, 3.8) is 0 Å². The van der Waals surface area contributed by atoms with Crippen molar-refractivity contribution in [1.82, 2.24) is 4.98 Å². The Kier molecular flexibility index (Phi) is 4.66. The fourth-order valence-corrected chi connectivity index (χ4v) is 1.80. The second-order valence-corrected chi connectivity index (χ2v) is 4.40. The number of aromatic nitrogens is 1. The number of nitrogens with zero attached hydrogens (tertiary/aromatic N) is 1. The quantitative estimate of drug-likeness (QED) is 0.876. The first-order valence-corrected chi connectivity index (χ1v) is 6.59. The molecule has 0 fully saturated rings. The number of ether oxygens (including phenoxy) is 1. The van der Waals surface area contributed by atoms with Gasteiger partial charge >= 0.3 is 5.97 Å². The minimum atomic E-state index is -0.572. The zero-order valence-electron chi connectivity index (χ0n) is 11.9. The maximum atomic E-state index is 12.1. The third-order valence-electron chi connectivity index (χ3n) is 3.00. The molecule has 0 radical (unpaired) electrons. The lowest BCUT2D eigenvalue weighted by Crippen LogP contribution is -2.15. The van der Waals surface area contributed by atoms with Crippen LogP contribution in [0.4, 0.5) is 5.69 Å². The summed E-state index contributed by atoms with van der Waals surface area (Å²) < 4.78 is 4.58. The maximum absolute atomic E-state index is 12.1. The highest BCUT2D eigenvalue weighted by atomic mass is 16.5. The molecule has 0 aliphatic heterocycles. The molecule has 0 atom stereocenters. The lowest BCUT2D eigenvalue weighted by Gasteiger charge is -2.06. The van der Waals surface area contributed by atoms with Crippen LogP contribution in [0, 0.1) is 0 Å². The highest BCUT2D eigenvalue weighted by molar-refractivity contribution is 6.03. The third kappa shape index (κ3) is 3.66. The predicted molar refractivity (Wildman–Crippen MR) is 79.3 cm³/mol. The lowest BCUT2D eigenvalue weighted by atomic mass is 10.1. The Morgan fingerprint density at radius 3 is 2.38 bits per heavy atom. The molecule has 108 valence electrons. The zero-order valence-corrected chi connectivity index (χ0v) is 11.9. The van der Waals surface area contributed by atoms with E-state index in [1.165, 1.54) is 18.7 Å². The van der Waals surface area contributed by atoms with Gasteiger partial charge in [-0.15, -0.1) is 0 Å². The van der Waals surface area contributed by atoms with Gasteiger partial charge in [-0.3, -0.25) is 4.79 Å². The van der Waals surface area contributed by atoms with E-state index in [4.69, 9.17) is 0 Å². The summed E-state index contributed by atoms with van der Waals surface area (Å²) in [7, 11) is 1.27. The Morgan fingerprint density at radius 2 is 1.76 bits per heavy atom. The van der Waals surface area contributed by atoms with Crippen LogP contribution in [0.2, 0.25) is 0 Å². The van der Waals surface area contributed by atoms with Crippen molar-refractivity contribution >= 4 is 17.6 Å². The molecule has 21 heavy (non-hydrogen) atoms. The summed E-state index contributed by atoms with van der Waals surface area (Å²) in [6.45, 7) is 2.07. The van der Waals surface area contributed by atoms with Gasteiger partial charge in [0.15, 0.2) is 0 Å². The maximum Gasteiger partial charge on any atom is 0.356 e. The van der Waals surface area contributed by atoms with Crippen molar-refractivity contribution in [2.45, 2.75) is 13.3 Å². The van der Waals surface area contributed by atoms with Crippen LogP contribution in [0.1, 0.15) is 33.5 Å². The number of hydrogen-bond donors (Lipinski definition) is 1. The number of amides is 1. The second kappa shape index (κ2) is 6.65. The van der Waals surface area contributed by atoms with E-state index in [0.717, 1.165) is 6.42 Å². The van der Waals surface area contributed by atoms with Crippen LogP contribution in [0.3, 0.4) is 0 Å². The van der Waals surface area contributed by atoms with Crippen molar-refractivity contribution in [3.05, 3.63) is 59.4 Å². The van der Waals surface area contributed by atoms with E-state index in [9.17, 15) is 9.59 Å². The van der Waals surface area contributed by atoms with Crippen molar-refractivity contribution in [3.8, 4) is 0 Å². The Labute approximate surface area is 123 Å². The molecular formula is C16H16N2O3. The minimum absolute atomic E-state index is 0.103. The predicted octanol–water partition coefficient (Wildman–Crippen LogP) is 2.68. The molecule has 1 aromatic heterocycles. The molecule has 0 bridgehead atoms. The summed E-state index contributed by atoms with van der Waals surface area (Å²) in [5, 5.41) is 2.74. The first kappa shape index (κ1) is 14.7. The number of pyridine rings is 1. The van der Waals surface area contributed by atoms with Gasteiger partial charge in [0.05, 0.1) is 7.11 Å². The van der Waals surface area contributed by atoms with Crippen LogP contribution < -0.4 is 5.32 Å². The molecule has 1 aromatic carbocycles. The molecule has 5 nitrogen and oxygen atoms in total. The number of esters is 1. The highest BCUT2D eigenvalue weighted by Gasteiger charge is 2.12. The van der Waals surface area contributed by atoms with Crippen molar-refractivity contribution < 1.29 is 14.3 Å². The van der Waals surface area contributed by atoms with Crippen LogP contribution in [-0.2, 0) is 11.2 Å². The lowest BCUT2D eigenvalue weighted by molar-refractivity contribution is 0.0594. The summed E-state index contributed by atoms with van der Waals surface area (Å²) in [5.41, 5.74) is 2.14. The summed E-state index contributed by atoms with van der Waals surface area (Å²) in [6.07, 6.45) is 0.941. The molecule has 0 unspecified atom stereocenters. The number of rotatable bonds is 4. The van der Waals surface area contributed by atoms with E-state index in [0.29, 0.717) is 5.69 Å². The number of aryl methyl sites for hydroxylation is 1. The average Bonchev–Trinajstić information content (AvgIpc) is 2.55. The normalized spacial score (nSPS) is 10.0. The van der Waals surface area contributed by atoms with Crippen LogP contribution >= 0.6 is 0 Å². The number of methoxy groups -OCH3 is 1. The Morgan fingerprint density at radius 1 is 1.10 bits per heavy atom. The first-order valence-electron chi connectivity index (χ1n) is 6.59. The molecule has 0 spiro atoms. The van der Waals surface area contributed by atoms with Gasteiger partial charge in [0.2, 0.25) is 0 Å². The number of hydrogen-bond acceptors (Lipinski definition) is 4. The van der Waals surface area contributed by atoms with Crippen molar-refractivity contribution in [2.24, 2.45) is 0 Å². The Hall–Kier alpha value is -2.69. The van der Waals surface area contributed by atoms with Crippen molar-refractivity contribution in [2.75, 3.05) is 12.4 Å². The average molecular weight is 284 g/mol. The van der Waals surface area contributed by atoms with Gasteiger partial charge < -0.3 is 10.1 Å². The molecule has 0 aliphatic carbocycles. The van der Waals surface area contributed by atoms with Gasteiger partial charge in [-0.05, 0) is 36.2 Å². The monoisotopic (exact) mass is 284 g/mol. The standard InChI is InChI=1S/C16H16N2O3/c1-3-11-7-9-12(10-8-11)17-15(19)13-5-4-6-14(18-13)16(20)21-2/h4-10H,3H2,1-2H3,(H,17,19). The summed E-state index contributed by atoms with van der Waals surface area (Å²) >= 11 is 0. The molecule has 0 aliphatic rings. The topological polar surface area (TPSA) is 68.3 Å². The molecule has 2 aromatic rings. The molecule has 2 rings (SSSR count). The fourth-order valence-electron chi connectivity index (χ4n) is 1.80. The van der Waals surface area contributed by atoms with Gasteiger partial charge in [0.25, 0.3) is 5.91 Å².